The highest BCUT2D eigenvalue weighted by Gasteiger charge is 2.25. The fraction of sp³-hybridized carbons (Fsp3) is 0.900. The molecule has 0 aromatic rings. The van der Waals surface area contributed by atoms with Crippen molar-refractivity contribution in [1.82, 2.24) is 0 Å². The van der Waals surface area contributed by atoms with E-state index in [4.69, 9.17) is 5.11 Å². The predicted molar refractivity (Wildman–Crippen MR) is 58.2 cm³/mol. The number of thioether (sulfide) groups is 1. The minimum Gasteiger partial charge on any atom is -0.480 e. The molecule has 78 valence electrons. The second kappa shape index (κ2) is 5.53. The van der Waals surface area contributed by atoms with Crippen LogP contribution in [-0.2, 0) is 4.79 Å². The largest absolute Gasteiger partial charge is 0.480 e. The molecule has 0 aliphatic carbocycles. The number of hydrogen-bond acceptors (Lipinski definition) is 2. The third-order valence-corrected chi connectivity index (χ3v) is 4.16. The van der Waals surface area contributed by atoms with Gasteiger partial charge in [0.05, 0.1) is 0 Å². The minimum absolute atomic E-state index is 0.198. The fourth-order valence-corrected chi connectivity index (χ4v) is 2.10. The molecule has 0 rings (SSSR count). The quantitative estimate of drug-likeness (QED) is 0.748. The van der Waals surface area contributed by atoms with Gasteiger partial charge in [0.2, 0.25) is 0 Å². The average Bonchev–Trinajstić information content (AvgIpc) is 1.97. The lowest BCUT2D eigenvalue weighted by atomic mass is 10.1. The molecule has 0 amide bonds. The standard InChI is InChI=1S/C10H20O2S/c1-6(2)8(5)13-9(7(3)4)10(11)12/h6-9H,1-5H3,(H,11,12). The molecule has 1 N–H and O–H groups in total. The summed E-state index contributed by atoms with van der Waals surface area (Å²) in [4.78, 5) is 10.9. The van der Waals surface area contributed by atoms with Gasteiger partial charge in [0.15, 0.2) is 0 Å². The van der Waals surface area contributed by atoms with Crippen molar-refractivity contribution >= 4 is 17.7 Å². The normalized spacial score (nSPS) is 16.2. The number of carbonyl (C=O) groups is 1. The average molecular weight is 204 g/mol. The summed E-state index contributed by atoms with van der Waals surface area (Å²) in [7, 11) is 0. The summed E-state index contributed by atoms with van der Waals surface area (Å²) in [6.45, 7) is 10.2. The van der Waals surface area contributed by atoms with Gasteiger partial charge >= 0.3 is 5.97 Å². The van der Waals surface area contributed by atoms with E-state index in [1.165, 1.54) is 0 Å². The minimum atomic E-state index is -0.687. The van der Waals surface area contributed by atoms with E-state index in [1.807, 2.05) is 13.8 Å². The first-order valence-corrected chi connectivity index (χ1v) is 5.68. The number of hydrogen-bond donors (Lipinski definition) is 1. The zero-order valence-corrected chi connectivity index (χ0v) is 9.89. The number of aliphatic carboxylic acids is 1. The van der Waals surface area contributed by atoms with Crippen LogP contribution in [0.2, 0.25) is 0 Å². The van der Waals surface area contributed by atoms with Crippen molar-refractivity contribution in [1.29, 1.82) is 0 Å². The molecule has 0 aromatic carbocycles. The Morgan fingerprint density at radius 2 is 1.54 bits per heavy atom. The summed E-state index contributed by atoms with van der Waals surface area (Å²) >= 11 is 1.57. The molecule has 0 aliphatic rings. The Hall–Kier alpha value is -0.180. The molecule has 0 aliphatic heterocycles. The van der Waals surface area contributed by atoms with Gasteiger partial charge in [-0.1, -0.05) is 34.6 Å². The zero-order valence-electron chi connectivity index (χ0n) is 9.07. The summed E-state index contributed by atoms with van der Waals surface area (Å²) in [5.41, 5.74) is 0. The Labute approximate surface area is 85.1 Å². The molecule has 0 fully saturated rings. The molecule has 0 bridgehead atoms. The maximum Gasteiger partial charge on any atom is 0.316 e. The Kier molecular flexibility index (Phi) is 5.45. The van der Waals surface area contributed by atoms with E-state index in [-0.39, 0.29) is 11.2 Å². The predicted octanol–water partition coefficient (Wildman–Crippen LogP) is 2.87. The number of carboxylic acid groups (broad SMARTS) is 1. The molecule has 0 aromatic heterocycles. The molecular formula is C10H20O2S. The van der Waals surface area contributed by atoms with E-state index in [2.05, 4.69) is 20.8 Å². The molecule has 3 heteroatoms. The molecule has 13 heavy (non-hydrogen) atoms. The van der Waals surface area contributed by atoms with Crippen molar-refractivity contribution in [2.45, 2.75) is 45.1 Å². The molecule has 0 radical (unpaired) electrons. The lowest BCUT2D eigenvalue weighted by molar-refractivity contribution is -0.137. The van der Waals surface area contributed by atoms with Crippen molar-refractivity contribution < 1.29 is 9.90 Å². The van der Waals surface area contributed by atoms with Gasteiger partial charge in [-0.3, -0.25) is 4.79 Å². The molecule has 0 heterocycles. The summed E-state index contributed by atoms with van der Waals surface area (Å²) in [5.74, 6) is 0.0433. The maximum atomic E-state index is 10.9. The second-order valence-electron chi connectivity index (χ2n) is 4.09. The molecule has 0 saturated carbocycles. The van der Waals surface area contributed by atoms with Gasteiger partial charge in [0.25, 0.3) is 0 Å². The highest BCUT2D eigenvalue weighted by molar-refractivity contribution is 8.01. The summed E-state index contributed by atoms with van der Waals surface area (Å²) < 4.78 is 0. The van der Waals surface area contributed by atoms with Crippen LogP contribution in [-0.4, -0.2) is 21.6 Å². The van der Waals surface area contributed by atoms with Crippen molar-refractivity contribution in [2.24, 2.45) is 11.8 Å². The monoisotopic (exact) mass is 204 g/mol. The van der Waals surface area contributed by atoms with Crippen LogP contribution >= 0.6 is 11.8 Å². The number of carboxylic acids is 1. The smallest absolute Gasteiger partial charge is 0.316 e. The summed E-state index contributed by atoms with van der Waals surface area (Å²) in [6, 6.07) is 0. The fourth-order valence-electron chi connectivity index (χ4n) is 0.889. The first-order chi connectivity index (χ1) is 5.86. The van der Waals surface area contributed by atoms with E-state index in [1.54, 1.807) is 11.8 Å². The van der Waals surface area contributed by atoms with Crippen molar-refractivity contribution in [3.05, 3.63) is 0 Å². The van der Waals surface area contributed by atoms with Gasteiger partial charge in [-0.05, 0) is 11.8 Å². The van der Waals surface area contributed by atoms with Crippen LogP contribution in [0.25, 0.3) is 0 Å². The van der Waals surface area contributed by atoms with Crippen LogP contribution in [0.5, 0.6) is 0 Å². The summed E-state index contributed by atoms with van der Waals surface area (Å²) in [5, 5.41) is 9.09. The molecular weight excluding hydrogens is 184 g/mol. The molecule has 0 spiro atoms. The topological polar surface area (TPSA) is 37.3 Å². The van der Waals surface area contributed by atoms with Gasteiger partial charge in [-0.15, -0.1) is 11.8 Å². The second-order valence-corrected chi connectivity index (χ2v) is 5.61. The number of rotatable bonds is 5. The van der Waals surface area contributed by atoms with Crippen LogP contribution in [0.15, 0.2) is 0 Å². The lowest BCUT2D eigenvalue weighted by Gasteiger charge is -2.22. The molecule has 2 nitrogen and oxygen atoms in total. The molecule has 2 atom stereocenters. The van der Waals surface area contributed by atoms with Crippen molar-refractivity contribution in [3.8, 4) is 0 Å². The third kappa shape index (κ3) is 4.55. The van der Waals surface area contributed by atoms with Gasteiger partial charge in [-0.2, -0.15) is 0 Å². The Morgan fingerprint density at radius 3 is 1.77 bits per heavy atom. The lowest BCUT2D eigenvalue weighted by Crippen LogP contribution is -2.26. The molecule has 2 unspecified atom stereocenters. The van der Waals surface area contributed by atoms with Crippen molar-refractivity contribution in [2.75, 3.05) is 0 Å². The van der Waals surface area contributed by atoms with Gasteiger partial charge in [0, 0.05) is 5.25 Å². The zero-order chi connectivity index (χ0) is 10.6. The Balaban J connectivity index is 4.18. The first kappa shape index (κ1) is 12.8. The van der Waals surface area contributed by atoms with E-state index >= 15 is 0 Å². The van der Waals surface area contributed by atoms with Crippen LogP contribution < -0.4 is 0 Å². The molecule has 0 saturated heterocycles. The third-order valence-electron chi connectivity index (χ3n) is 2.15. The Morgan fingerprint density at radius 1 is 1.08 bits per heavy atom. The highest BCUT2D eigenvalue weighted by Crippen LogP contribution is 2.28. The van der Waals surface area contributed by atoms with Crippen molar-refractivity contribution in [3.63, 3.8) is 0 Å². The van der Waals surface area contributed by atoms with E-state index in [0.717, 1.165) is 0 Å². The van der Waals surface area contributed by atoms with Crippen LogP contribution in [0.3, 0.4) is 0 Å². The van der Waals surface area contributed by atoms with Gasteiger partial charge in [-0.25, -0.2) is 0 Å². The van der Waals surface area contributed by atoms with Crippen LogP contribution in [0.1, 0.15) is 34.6 Å². The van der Waals surface area contributed by atoms with Crippen LogP contribution in [0, 0.1) is 11.8 Å². The van der Waals surface area contributed by atoms with E-state index in [0.29, 0.717) is 11.2 Å². The van der Waals surface area contributed by atoms with Gasteiger partial charge in [0.1, 0.15) is 5.25 Å². The van der Waals surface area contributed by atoms with E-state index < -0.39 is 5.97 Å². The highest BCUT2D eigenvalue weighted by atomic mass is 32.2. The van der Waals surface area contributed by atoms with Gasteiger partial charge < -0.3 is 5.11 Å². The first-order valence-electron chi connectivity index (χ1n) is 4.74. The van der Waals surface area contributed by atoms with E-state index in [9.17, 15) is 4.79 Å². The van der Waals surface area contributed by atoms with Crippen LogP contribution in [0.4, 0.5) is 0 Å². The SMILES string of the molecule is CC(C)C(C)SC(C(=O)O)C(C)C. The maximum absolute atomic E-state index is 10.9. The summed E-state index contributed by atoms with van der Waals surface area (Å²) in [6.07, 6.45) is 0. The Bertz CT molecular complexity index is 166.